The molecule has 0 saturated carbocycles. The summed E-state index contributed by atoms with van der Waals surface area (Å²) in [6.07, 6.45) is 0.377. The molecular formula is C12H18ClN3O. The predicted molar refractivity (Wildman–Crippen MR) is 69.4 cm³/mol. The van der Waals surface area contributed by atoms with Crippen LogP contribution in [-0.4, -0.2) is 24.4 Å². The number of nitrogens with zero attached hydrogens (tertiary/aromatic N) is 1. The summed E-state index contributed by atoms with van der Waals surface area (Å²) in [5.41, 5.74) is 3.18. The van der Waals surface area contributed by atoms with Crippen LogP contribution in [0.15, 0.2) is 24.3 Å². The third-order valence-corrected chi connectivity index (χ3v) is 3.21. The second kappa shape index (κ2) is 6.59. The number of hydrazine groups is 1. The first-order chi connectivity index (χ1) is 8.06. The number of benzene rings is 1. The number of hydrogen-bond donors (Lipinski definition) is 2. The van der Waals surface area contributed by atoms with Gasteiger partial charge >= 0.3 is 0 Å². The average molecular weight is 256 g/mol. The molecule has 5 heteroatoms. The molecule has 0 spiro atoms. The third-order valence-electron chi connectivity index (χ3n) is 2.87. The van der Waals surface area contributed by atoms with E-state index >= 15 is 0 Å². The number of nitrogens with two attached hydrogens (primary N) is 1. The molecule has 1 atom stereocenters. The highest BCUT2D eigenvalue weighted by molar-refractivity contribution is 6.31. The van der Waals surface area contributed by atoms with Gasteiger partial charge in [-0.25, -0.2) is 5.84 Å². The van der Waals surface area contributed by atoms with Gasteiger partial charge in [-0.2, -0.15) is 0 Å². The van der Waals surface area contributed by atoms with E-state index in [1.54, 1.807) is 0 Å². The summed E-state index contributed by atoms with van der Waals surface area (Å²) in [7, 11) is 1.96. The quantitative estimate of drug-likeness (QED) is 0.478. The van der Waals surface area contributed by atoms with Crippen molar-refractivity contribution in [2.45, 2.75) is 19.4 Å². The van der Waals surface area contributed by atoms with Crippen molar-refractivity contribution in [3.8, 4) is 0 Å². The van der Waals surface area contributed by atoms with Gasteiger partial charge in [0.2, 0.25) is 5.91 Å². The Hall–Kier alpha value is -1.10. The van der Waals surface area contributed by atoms with Gasteiger partial charge < -0.3 is 0 Å². The highest BCUT2D eigenvalue weighted by Gasteiger charge is 2.14. The zero-order valence-corrected chi connectivity index (χ0v) is 10.9. The van der Waals surface area contributed by atoms with Gasteiger partial charge in [0.15, 0.2) is 0 Å². The minimum Gasteiger partial charge on any atom is -0.299 e. The average Bonchev–Trinajstić information content (AvgIpc) is 2.35. The minimum atomic E-state index is -0.164. The first-order valence-corrected chi connectivity index (χ1v) is 5.88. The molecule has 1 aromatic rings. The molecule has 1 amide bonds. The van der Waals surface area contributed by atoms with Gasteiger partial charge in [0, 0.05) is 24.0 Å². The Morgan fingerprint density at radius 3 is 2.76 bits per heavy atom. The normalized spacial score (nSPS) is 12.5. The second-order valence-corrected chi connectivity index (χ2v) is 4.40. The van der Waals surface area contributed by atoms with Crippen LogP contribution in [0.4, 0.5) is 0 Å². The van der Waals surface area contributed by atoms with Crippen LogP contribution in [-0.2, 0) is 4.79 Å². The van der Waals surface area contributed by atoms with Crippen molar-refractivity contribution >= 4 is 17.5 Å². The summed E-state index contributed by atoms with van der Waals surface area (Å²) < 4.78 is 0. The largest absolute Gasteiger partial charge is 0.299 e. The number of carbonyl (C=O) groups excluding carboxylic acids is 1. The van der Waals surface area contributed by atoms with E-state index in [1.807, 2.05) is 31.3 Å². The number of nitrogens with one attached hydrogen (secondary N) is 1. The molecule has 1 aromatic carbocycles. The Balaban J connectivity index is 2.61. The fourth-order valence-corrected chi connectivity index (χ4v) is 1.89. The van der Waals surface area contributed by atoms with Crippen molar-refractivity contribution < 1.29 is 4.79 Å². The molecule has 4 nitrogen and oxygen atoms in total. The van der Waals surface area contributed by atoms with Gasteiger partial charge in [0.05, 0.1) is 0 Å². The minimum absolute atomic E-state index is 0.161. The van der Waals surface area contributed by atoms with E-state index in [4.69, 9.17) is 17.4 Å². The lowest BCUT2D eigenvalue weighted by Gasteiger charge is -2.25. The molecule has 0 bridgehead atoms. The van der Waals surface area contributed by atoms with Gasteiger partial charge in [-0.1, -0.05) is 29.8 Å². The zero-order chi connectivity index (χ0) is 12.8. The van der Waals surface area contributed by atoms with Crippen molar-refractivity contribution in [2.75, 3.05) is 13.6 Å². The second-order valence-electron chi connectivity index (χ2n) is 4.00. The van der Waals surface area contributed by atoms with Gasteiger partial charge in [-0.05, 0) is 25.6 Å². The predicted octanol–water partition coefficient (Wildman–Crippen LogP) is 1.71. The lowest BCUT2D eigenvalue weighted by atomic mass is 10.1. The lowest BCUT2D eigenvalue weighted by Crippen LogP contribution is -2.34. The van der Waals surface area contributed by atoms with Gasteiger partial charge in [-0.3, -0.25) is 15.1 Å². The molecule has 94 valence electrons. The van der Waals surface area contributed by atoms with E-state index in [9.17, 15) is 4.79 Å². The highest BCUT2D eigenvalue weighted by atomic mass is 35.5. The smallest absolute Gasteiger partial charge is 0.235 e. The molecule has 1 rings (SSSR count). The molecule has 0 heterocycles. The third kappa shape index (κ3) is 4.00. The Labute approximate surface area is 107 Å². The van der Waals surface area contributed by atoms with Crippen molar-refractivity contribution in [3.63, 3.8) is 0 Å². The van der Waals surface area contributed by atoms with Crippen LogP contribution in [0.2, 0.25) is 5.02 Å². The number of rotatable bonds is 5. The monoisotopic (exact) mass is 255 g/mol. The van der Waals surface area contributed by atoms with Crippen LogP contribution < -0.4 is 11.3 Å². The van der Waals surface area contributed by atoms with Gasteiger partial charge in [0.1, 0.15) is 0 Å². The molecule has 1 unspecified atom stereocenters. The summed E-state index contributed by atoms with van der Waals surface area (Å²) in [4.78, 5) is 13.1. The first-order valence-electron chi connectivity index (χ1n) is 5.50. The fraction of sp³-hybridized carbons (Fsp3) is 0.417. The molecule has 0 aromatic heterocycles. The van der Waals surface area contributed by atoms with Crippen LogP contribution in [0.1, 0.15) is 24.9 Å². The summed E-state index contributed by atoms with van der Waals surface area (Å²) in [6.45, 7) is 2.69. The molecular weight excluding hydrogens is 238 g/mol. The highest BCUT2D eigenvalue weighted by Crippen LogP contribution is 2.25. The Morgan fingerprint density at radius 2 is 2.18 bits per heavy atom. The topological polar surface area (TPSA) is 58.4 Å². The van der Waals surface area contributed by atoms with E-state index in [0.717, 1.165) is 10.6 Å². The SMILES string of the molecule is CC(c1ccccc1Cl)N(C)CCC(=O)NN. The zero-order valence-electron chi connectivity index (χ0n) is 10.1. The van der Waals surface area contributed by atoms with Crippen LogP contribution >= 0.6 is 11.6 Å². The maximum absolute atomic E-state index is 11.1. The number of hydrogen-bond acceptors (Lipinski definition) is 3. The molecule has 0 aliphatic heterocycles. The van der Waals surface area contributed by atoms with Crippen molar-refractivity contribution in [1.29, 1.82) is 0 Å². The van der Waals surface area contributed by atoms with E-state index in [-0.39, 0.29) is 11.9 Å². The molecule has 0 saturated heterocycles. The molecule has 3 N–H and O–H groups in total. The van der Waals surface area contributed by atoms with E-state index in [0.29, 0.717) is 13.0 Å². The molecule has 0 fully saturated rings. The summed E-state index contributed by atoms with van der Waals surface area (Å²) in [6, 6.07) is 7.88. The maximum Gasteiger partial charge on any atom is 0.235 e. The fourth-order valence-electron chi connectivity index (χ4n) is 1.60. The Kier molecular flexibility index (Phi) is 5.41. The van der Waals surface area contributed by atoms with Crippen molar-refractivity contribution in [2.24, 2.45) is 5.84 Å². The van der Waals surface area contributed by atoms with Crippen molar-refractivity contribution in [1.82, 2.24) is 10.3 Å². The van der Waals surface area contributed by atoms with Crippen LogP contribution in [0, 0.1) is 0 Å². The Morgan fingerprint density at radius 1 is 1.53 bits per heavy atom. The number of carbonyl (C=O) groups is 1. The number of amides is 1. The van der Waals surface area contributed by atoms with E-state index in [2.05, 4.69) is 17.2 Å². The maximum atomic E-state index is 11.1. The molecule has 0 radical (unpaired) electrons. The molecule has 0 aliphatic rings. The summed E-state index contributed by atoms with van der Waals surface area (Å²) >= 11 is 6.13. The van der Waals surface area contributed by atoms with Crippen LogP contribution in [0.3, 0.4) is 0 Å². The Bertz CT molecular complexity index is 384. The summed E-state index contributed by atoms with van der Waals surface area (Å²) in [5.74, 6) is 4.87. The standard InChI is InChI=1S/C12H18ClN3O/c1-9(10-5-3-4-6-11(10)13)16(2)8-7-12(17)15-14/h3-6,9H,7-8,14H2,1-2H3,(H,15,17). The summed E-state index contributed by atoms with van der Waals surface area (Å²) in [5, 5.41) is 0.745. The van der Waals surface area contributed by atoms with E-state index in [1.165, 1.54) is 0 Å². The van der Waals surface area contributed by atoms with Gasteiger partial charge in [-0.15, -0.1) is 0 Å². The first kappa shape index (κ1) is 14.0. The van der Waals surface area contributed by atoms with Gasteiger partial charge in [0.25, 0.3) is 0 Å². The lowest BCUT2D eigenvalue weighted by molar-refractivity contribution is -0.121. The molecule has 17 heavy (non-hydrogen) atoms. The van der Waals surface area contributed by atoms with Crippen molar-refractivity contribution in [3.05, 3.63) is 34.9 Å². The van der Waals surface area contributed by atoms with Crippen LogP contribution in [0.5, 0.6) is 0 Å². The van der Waals surface area contributed by atoms with Crippen LogP contribution in [0.25, 0.3) is 0 Å². The number of halogens is 1. The molecule has 0 aliphatic carbocycles. The van der Waals surface area contributed by atoms with E-state index < -0.39 is 0 Å².